The van der Waals surface area contributed by atoms with E-state index in [9.17, 15) is 19.7 Å². The summed E-state index contributed by atoms with van der Waals surface area (Å²) in [5.74, 6) is -0.924. The number of non-ortho nitro benzene ring substituents is 1. The Morgan fingerprint density at radius 3 is 2.63 bits per heavy atom. The van der Waals surface area contributed by atoms with Crippen LogP contribution in [0.15, 0.2) is 42.5 Å². The van der Waals surface area contributed by atoms with E-state index in [1.807, 2.05) is 4.90 Å². The second-order valence-electron chi connectivity index (χ2n) is 6.38. The number of anilines is 2. The maximum Gasteiger partial charge on any atom is 0.341 e. The number of nitro benzene ring substituents is 1. The van der Waals surface area contributed by atoms with E-state index in [1.165, 1.54) is 19.2 Å². The number of para-hydroxylation sites is 2. The van der Waals surface area contributed by atoms with Gasteiger partial charge in [-0.3, -0.25) is 14.9 Å². The zero-order valence-corrected chi connectivity index (χ0v) is 16.3. The Kier molecular flexibility index (Phi) is 6.81. The maximum absolute atomic E-state index is 12.7. The summed E-state index contributed by atoms with van der Waals surface area (Å²) < 4.78 is 15.6. The summed E-state index contributed by atoms with van der Waals surface area (Å²) in [6.07, 6.45) is 0. The monoisotopic (exact) mass is 415 g/mol. The minimum absolute atomic E-state index is 0.0243. The Bertz CT molecular complexity index is 942. The van der Waals surface area contributed by atoms with Gasteiger partial charge in [0.2, 0.25) is 0 Å². The standard InChI is InChI=1S/C20H21N3O7/c1-28-18-5-3-2-4-16(18)21-19(24)13-30-20(25)15-12-14(23(26)27)6-7-17(15)22-8-10-29-11-9-22/h2-7,12H,8-11,13H2,1H3,(H,21,24). The van der Waals surface area contributed by atoms with Crippen LogP contribution in [0.1, 0.15) is 10.4 Å². The Labute approximate surface area is 172 Å². The van der Waals surface area contributed by atoms with Crippen LogP contribution >= 0.6 is 0 Å². The van der Waals surface area contributed by atoms with Crippen LogP contribution in [0.2, 0.25) is 0 Å². The molecule has 10 heteroatoms. The van der Waals surface area contributed by atoms with Gasteiger partial charge in [0.25, 0.3) is 11.6 Å². The molecule has 1 amide bonds. The summed E-state index contributed by atoms with van der Waals surface area (Å²) in [6, 6.07) is 10.8. The average Bonchev–Trinajstić information content (AvgIpc) is 2.78. The Balaban J connectivity index is 1.72. The van der Waals surface area contributed by atoms with Crippen molar-refractivity contribution in [3.63, 3.8) is 0 Å². The first kappa shape index (κ1) is 21.1. The first-order valence-corrected chi connectivity index (χ1v) is 9.20. The van der Waals surface area contributed by atoms with Crippen molar-refractivity contribution in [1.29, 1.82) is 0 Å². The molecule has 1 N–H and O–H groups in total. The quantitative estimate of drug-likeness (QED) is 0.415. The van der Waals surface area contributed by atoms with Crippen molar-refractivity contribution < 1.29 is 28.7 Å². The first-order chi connectivity index (χ1) is 14.5. The number of ether oxygens (including phenoxy) is 3. The van der Waals surface area contributed by atoms with Crippen LogP contribution in [0.25, 0.3) is 0 Å². The Morgan fingerprint density at radius 1 is 1.20 bits per heavy atom. The molecule has 0 bridgehead atoms. The fourth-order valence-corrected chi connectivity index (χ4v) is 3.02. The van der Waals surface area contributed by atoms with Crippen molar-refractivity contribution in [1.82, 2.24) is 0 Å². The smallest absolute Gasteiger partial charge is 0.341 e. The molecule has 2 aromatic carbocycles. The fourth-order valence-electron chi connectivity index (χ4n) is 3.02. The van der Waals surface area contributed by atoms with Crippen molar-refractivity contribution in [3.05, 3.63) is 58.1 Å². The van der Waals surface area contributed by atoms with E-state index in [4.69, 9.17) is 14.2 Å². The van der Waals surface area contributed by atoms with Gasteiger partial charge < -0.3 is 24.4 Å². The van der Waals surface area contributed by atoms with Gasteiger partial charge in [0.05, 0.1) is 42.2 Å². The lowest BCUT2D eigenvalue weighted by atomic mass is 10.1. The molecule has 2 aromatic rings. The van der Waals surface area contributed by atoms with Crippen molar-refractivity contribution in [2.24, 2.45) is 0 Å². The highest BCUT2D eigenvalue weighted by atomic mass is 16.6. The minimum Gasteiger partial charge on any atom is -0.495 e. The summed E-state index contributed by atoms with van der Waals surface area (Å²) in [5, 5.41) is 13.7. The van der Waals surface area contributed by atoms with E-state index in [0.29, 0.717) is 43.4 Å². The topological polar surface area (TPSA) is 120 Å². The lowest BCUT2D eigenvalue weighted by Crippen LogP contribution is -2.37. The molecule has 1 aliphatic rings. The molecule has 0 radical (unpaired) electrons. The first-order valence-electron chi connectivity index (χ1n) is 9.20. The van der Waals surface area contributed by atoms with Crippen LogP contribution in [0, 0.1) is 10.1 Å². The molecule has 1 fully saturated rings. The minimum atomic E-state index is -0.824. The molecule has 0 aromatic heterocycles. The summed E-state index contributed by atoms with van der Waals surface area (Å²) >= 11 is 0. The molecule has 30 heavy (non-hydrogen) atoms. The van der Waals surface area contributed by atoms with Gasteiger partial charge in [-0.2, -0.15) is 0 Å². The van der Waals surface area contributed by atoms with Gasteiger partial charge in [-0.05, 0) is 18.2 Å². The molecule has 3 rings (SSSR count). The third-order valence-electron chi connectivity index (χ3n) is 4.48. The van der Waals surface area contributed by atoms with Crippen LogP contribution < -0.4 is 15.0 Å². The van der Waals surface area contributed by atoms with E-state index in [1.54, 1.807) is 24.3 Å². The van der Waals surface area contributed by atoms with Crippen LogP contribution in [0.3, 0.4) is 0 Å². The van der Waals surface area contributed by atoms with Gasteiger partial charge in [-0.1, -0.05) is 12.1 Å². The van der Waals surface area contributed by atoms with Gasteiger partial charge in [-0.25, -0.2) is 4.79 Å². The molecule has 1 heterocycles. The number of amides is 1. The maximum atomic E-state index is 12.7. The SMILES string of the molecule is COc1ccccc1NC(=O)COC(=O)c1cc([N+](=O)[O-])ccc1N1CCOCC1. The number of nitrogens with zero attached hydrogens (tertiary/aromatic N) is 2. The number of hydrogen-bond acceptors (Lipinski definition) is 8. The lowest BCUT2D eigenvalue weighted by Gasteiger charge is -2.30. The van der Waals surface area contributed by atoms with Crippen LogP contribution in [-0.2, 0) is 14.3 Å². The highest BCUT2D eigenvalue weighted by Crippen LogP contribution is 2.27. The molecule has 0 saturated carbocycles. The predicted octanol–water partition coefficient (Wildman–Crippen LogP) is 2.24. The number of morpholine rings is 1. The van der Waals surface area contributed by atoms with Crippen LogP contribution in [-0.4, -0.2) is 56.8 Å². The van der Waals surface area contributed by atoms with E-state index in [0.717, 1.165) is 6.07 Å². The second kappa shape index (κ2) is 9.70. The molecule has 0 aliphatic carbocycles. The number of methoxy groups -OCH3 is 1. The van der Waals surface area contributed by atoms with Crippen molar-refractivity contribution in [3.8, 4) is 5.75 Å². The van der Waals surface area contributed by atoms with Gasteiger partial charge in [0, 0.05) is 25.2 Å². The molecule has 158 valence electrons. The normalized spacial score (nSPS) is 13.4. The summed E-state index contributed by atoms with van der Waals surface area (Å²) in [7, 11) is 1.47. The molecule has 1 saturated heterocycles. The molecule has 1 aliphatic heterocycles. The van der Waals surface area contributed by atoms with Crippen LogP contribution in [0.5, 0.6) is 5.75 Å². The summed E-state index contributed by atoms with van der Waals surface area (Å²) in [5.41, 5.74) is 0.720. The molecular formula is C20H21N3O7. The number of benzene rings is 2. The number of rotatable bonds is 7. The number of nitrogens with one attached hydrogen (secondary N) is 1. The summed E-state index contributed by atoms with van der Waals surface area (Å²) in [4.78, 5) is 37.3. The van der Waals surface area contributed by atoms with Gasteiger partial charge in [0.1, 0.15) is 5.75 Å². The largest absolute Gasteiger partial charge is 0.495 e. The van der Waals surface area contributed by atoms with Crippen molar-refractivity contribution in [2.45, 2.75) is 0 Å². The number of hydrogen-bond donors (Lipinski definition) is 1. The van der Waals surface area contributed by atoms with E-state index in [2.05, 4.69) is 5.32 Å². The molecule has 10 nitrogen and oxygen atoms in total. The van der Waals surface area contributed by atoms with Gasteiger partial charge in [0.15, 0.2) is 6.61 Å². The van der Waals surface area contributed by atoms with Gasteiger partial charge >= 0.3 is 5.97 Å². The lowest BCUT2D eigenvalue weighted by molar-refractivity contribution is -0.384. The number of carbonyl (C=O) groups is 2. The molecule has 0 spiro atoms. The molecule has 0 atom stereocenters. The molecular weight excluding hydrogens is 394 g/mol. The number of carbonyl (C=O) groups excluding carboxylic acids is 2. The Hall–Kier alpha value is -3.66. The number of nitro groups is 1. The Morgan fingerprint density at radius 2 is 1.93 bits per heavy atom. The van der Waals surface area contributed by atoms with E-state index >= 15 is 0 Å². The van der Waals surface area contributed by atoms with Crippen LogP contribution in [0.4, 0.5) is 17.1 Å². The third-order valence-corrected chi connectivity index (χ3v) is 4.48. The highest BCUT2D eigenvalue weighted by molar-refractivity contribution is 5.99. The van der Waals surface area contributed by atoms with Crippen molar-refractivity contribution in [2.75, 3.05) is 50.2 Å². The van der Waals surface area contributed by atoms with E-state index < -0.39 is 23.4 Å². The van der Waals surface area contributed by atoms with E-state index in [-0.39, 0.29) is 11.3 Å². The fraction of sp³-hybridized carbons (Fsp3) is 0.300. The van der Waals surface area contributed by atoms with Gasteiger partial charge in [-0.15, -0.1) is 0 Å². The highest BCUT2D eigenvalue weighted by Gasteiger charge is 2.23. The molecule has 0 unspecified atom stereocenters. The average molecular weight is 415 g/mol. The summed E-state index contributed by atoms with van der Waals surface area (Å²) in [6.45, 7) is 1.47. The predicted molar refractivity (Wildman–Crippen MR) is 108 cm³/mol. The second-order valence-corrected chi connectivity index (χ2v) is 6.38. The third kappa shape index (κ3) is 5.03. The zero-order valence-electron chi connectivity index (χ0n) is 16.3. The number of esters is 1. The van der Waals surface area contributed by atoms with Crippen molar-refractivity contribution >= 4 is 28.9 Å². The zero-order chi connectivity index (χ0) is 21.5.